The number of aromatic nitrogens is 1. The largest absolute Gasteiger partial charge is 0.379 e. The molecular formula is C22H30N4O5S2. The van der Waals surface area contributed by atoms with Crippen LogP contribution in [0.25, 0.3) is 0 Å². The molecule has 4 rings (SSSR count). The molecule has 1 amide bonds. The molecule has 1 N–H and O–H groups in total. The first-order valence-corrected chi connectivity index (χ1v) is 13.6. The Bertz CT molecular complexity index is 1150. The highest BCUT2D eigenvalue weighted by Gasteiger charge is 2.28. The highest BCUT2D eigenvalue weighted by atomic mass is 32.2. The first-order valence-electron chi connectivity index (χ1n) is 11.3. The van der Waals surface area contributed by atoms with E-state index in [2.05, 4.69) is 10.2 Å². The molecule has 2 aliphatic rings. The maximum Gasteiger partial charge on any atom is 0.307 e. The third-order valence-corrected chi connectivity index (χ3v) is 8.86. The van der Waals surface area contributed by atoms with E-state index >= 15 is 0 Å². The van der Waals surface area contributed by atoms with Crippen LogP contribution in [0.4, 0.5) is 11.4 Å². The van der Waals surface area contributed by atoms with Gasteiger partial charge in [-0.05, 0) is 44.4 Å². The minimum absolute atomic E-state index is 0.0899. The summed E-state index contributed by atoms with van der Waals surface area (Å²) in [6, 6.07) is 4.98. The number of rotatable bonds is 7. The van der Waals surface area contributed by atoms with Gasteiger partial charge in [0.2, 0.25) is 15.9 Å². The molecule has 180 valence electrons. The van der Waals surface area contributed by atoms with Gasteiger partial charge in [-0.2, -0.15) is 4.31 Å². The Kier molecular flexibility index (Phi) is 7.52. The lowest BCUT2D eigenvalue weighted by Gasteiger charge is -2.31. The van der Waals surface area contributed by atoms with Crippen molar-refractivity contribution in [3.63, 3.8) is 0 Å². The Morgan fingerprint density at radius 3 is 2.52 bits per heavy atom. The molecule has 2 fully saturated rings. The predicted octanol–water partition coefficient (Wildman–Crippen LogP) is 2.26. The maximum absolute atomic E-state index is 13.2. The highest BCUT2D eigenvalue weighted by molar-refractivity contribution is 7.89. The van der Waals surface area contributed by atoms with Gasteiger partial charge in [0.25, 0.3) is 0 Å². The Morgan fingerprint density at radius 1 is 1.12 bits per heavy atom. The van der Waals surface area contributed by atoms with Gasteiger partial charge >= 0.3 is 4.87 Å². The second-order valence-electron chi connectivity index (χ2n) is 8.34. The van der Waals surface area contributed by atoms with Gasteiger partial charge in [-0.15, -0.1) is 0 Å². The minimum atomic E-state index is -3.69. The smallest absolute Gasteiger partial charge is 0.307 e. The summed E-state index contributed by atoms with van der Waals surface area (Å²) < 4.78 is 34.6. The normalized spacial score (nSPS) is 17.8. The van der Waals surface area contributed by atoms with Gasteiger partial charge < -0.3 is 19.5 Å². The van der Waals surface area contributed by atoms with Gasteiger partial charge in [-0.3, -0.25) is 9.59 Å². The number of hydrogen-bond acceptors (Lipinski definition) is 7. The van der Waals surface area contributed by atoms with Crippen molar-refractivity contribution in [1.29, 1.82) is 0 Å². The van der Waals surface area contributed by atoms with E-state index in [4.69, 9.17) is 4.74 Å². The Balaban J connectivity index is 1.58. The monoisotopic (exact) mass is 494 g/mol. The zero-order valence-electron chi connectivity index (χ0n) is 18.8. The van der Waals surface area contributed by atoms with Gasteiger partial charge in [0.1, 0.15) is 0 Å². The molecule has 33 heavy (non-hydrogen) atoms. The molecule has 0 aliphatic carbocycles. The Hall–Kier alpha value is -2.21. The van der Waals surface area contributed by atoms with Crippen molar-refractivity contribution in [2.75, 3.05) is 49.6 Å². The van der Waals surface area contributed by atoms with Crippen LogP contribution in [0.2, 0.25) is 0 Å². The van der Waals surface area contributed by atoms with Crippen molar-refractivity contribution < 1.29 is 17.9 Å². The molecular weight excluding hydrogens is 464 g/mol. The van der Waals surface area contributed by atoms with Gasteiger partial charge in [0.05, 0.1) is 29.5 Å². The average molecular weight is 495 g/mol. The zero-order chi connectivity index (χ0) is 23.4. The molecule has 9 nitrogen and oxygen atoms in total. The van der Waals surface area contributed by atoms with E-state index in [-0.39, 0.29) is 28.6 Å². The van der Waals surface area contributed by atoms with Gasteiger partial charge in [0, 0.05) is 50.2 Å². The molecule has 2 aromatic rings. The summed E-state index contributed by atoms with van der Waals surface area (Å²) in [4.78, 5) is 27.0. The van der Waals surface area contributed by atoms with Crippen LogP contribution in [0.3, 0.4) is 0 Å². The molecule has 1 aromatic carbocycles. The van der Waals surface area contributed by atoms with Gasteiger partial charge in [-0.1, -0.05) is 11.3 Å². The number of nitrogens with one attached hydrogen (secondary N) is 1. The van der Waals surface area contributed by atoms with Crippen LogP contribution >= 0.6 is 11.3 Å². The number of nitrogens with zero attached hydrogens (tertiary/aromatic N) is 3. The van der Waals surface area contributed by atoms with Crippen LogP contribution in [0.5, 0.6) is 0 Å². The van der Waals surface area contributed by atoms with Crippen molar-refractivity contribution in [3.05, 3.63) is 38.9 Å². The number of thiazole rings is 1. The standard InChI is InChI=1S/C22H30N4O5S2/c1-17-16-32-22(28)26(17)10-7-21(27)23-19-15-18(33(29,30)25-11-13-31-14-12-25)5-6-20(19)24-8-3-2-4-9-24/h5-6,15-16H,2-4,7-14H2,1H3,(H,23,27). The number of piperidine rings is 1. The minimum Gasteiger partial charge on any atom is -0.379 e. The van der Waals surface area contributed by atoms with Crippen LogP contribution in [0.1, 0.15) is 31.4 Å². The van der Waals surface area contributed by atoms with Crippen molar-refractivity contribution in [2.45, 2.75) is 44.0 Å². The fraction of sp³-hybridized carbons (Fsp3) is 0.545. The van der Waals surface area contributed by atoms with E-state index in [0.717, 1.165) is 55.1 Å². The zero-order valence-corrected chi connectivity index (χ0v) is 20.4. The number of morpholine rings is 1. The molecule has 11 heteroatoms. The van der Waals surface area contributed by atoms with E-state index in [9.17, 15) is 18.0 Å². The van der Waals surface area contributed by atoms with Crippen molar-refractivity contribution in [2.24, 2.45) is 0 Å². The second kappa shape index (κ2) is 10.4. The number of benzene rings is 1. The molecule has 2 saturated heterocycles. The van der Waals surface area contributed by atoms with E-state index < -0.39 is 10.0 Å². The highest BCUT2D eigenvalue weighted by Crippen LogP contribution is 2.32. The Morgan fingerprint density at radius 2 is 1.85 bits per heavy atom. The number of carbonyl (C=O) groups is 1. The Labute approximate surface area is 198 Å². The maximum atomic E-state index is 13.2. The fourth-order valence-electron chi connectivity index (χ4n) is 4.22. The summed E-state index contributed by atoms with van der Waals surface area (Å²) in [5.41, 5.74) is 2.14. The van der Waals surface area contributed by atoms with E-state index in [1.165, 1.54) is 4.31 Å². The summed E-state index contributed by atoms with van der Waals surface area (Å²) in [7, 11) is -3.69. The summed E-state index contributed by atoms with van der Waals surface area (Å²) in [5, 5.41) is 4.70. The molecule has 3 heterocycles. The van der Waals surface area contributed by atoms with Crippen molar-refractivity contribution in [3.8, 4) is 0 Å². The first kappa shape index (κ1) is 23.9. The van der Waals surface area contributed by atoms with E-state index in [1.807, 2.05) is 6.92 Å². The molecule has 0 atom stereocenters. The molecule has 0 bridgehead atoms. The molecule has 0 spiro atoms. The number of sulfonamides is 1. The van der Waals surface area contributed by atoms with Crippen LogP contribution < -0.4 is 15.1 Å². The summed E-state index contributed by atoms with van der Waals surface area (Å²) >= 11 is 1.11. The number of ether oxygens (including phenoxy) is 1. The van der Waals surface area contributed by atoms with Crippen LogP contribution in [0.15, 0.2) is 33.3 Å². The molecule has 0 saturated carbocycles. The lowest BCUT2D eigenvalue weighted by molar-refractivity contribution is -0.116. The number of carbonyl (C=O) groups excluding carboxylic acids is 1. The fourth-order valence-corrected chi connectivity index (χ4v) is 6.42. The number of aryl methyl sites for hydroxylation is 1. The van der Waals surface area contributed by atoms with E-state index in [0.29, 0.717) is 32.0 Å². The summed E-state index contributed by atoms with van der Waals surface area (Å²) in [6.45, 7) is 5.21. The predicted molar refractivity (Wildman–Crippen MR) is 129 cm³/mol. The van der Waals surface area contributed by atoms with E-state index in [1.54, 1.807) is 28.1 Å². The van der Waals surface area contributed by atoms with Crippen LogP contribution in [-0.4, -0.2) is 62.6 Å². The summed E-state index contributed by atoms with van der Waals surface area (Å²) in [5.74, 6) is -0.258. The van der Waals surface area contributed by atoms with Crippen LogP contribution in [-0.2, 0) is 26.1 Å². The number of anilines is 2. The molecule has 0 radical (unpaired) electrons. The second-order valence-corrected chi connectivity index (χ2v) is 11.1. The number of hydrogen-bond donors (Lipinski definition) is 1. The first-order chi connectivity index (χ1) is 15.9. The molecule has 0 unspecified atom stereocenters. The van der Waals surface area contributed by atoms with Gasteiger partial charge in [-0.25, -0.2) is 8.42 Å². The number of amides is 1. The lowest BCUT2D eigenvalue weighted by atomic mass is 10.1. The van der Waals surface area contributed by atoms with Gasteiger partial charge in [0.15, 0.2) is 0 Å². The van der Waals surface area contributed by atoms with Crippen molar-refractivity contribution in [1.82, 2.24) is 8.87 Å². The third kappa shape index (κ3) is 5.48. The molecule has 1 aromatic heterocycles. The quantitative estimate of drug-likeness (QED) is 0.634. The third-order valence-electron chi connectivity index (χ3n) is 6.09. The summed E-state index contributed by atoms with van der Waals surface area (Å²) in [6.07, 6.45) is 3.40. The SMILES string of the molecule is Cc1csc(=O)n1CCC(=O)Nc1cc(S(=O)(=O)N2CCOCC2)ccc1N1CCCCC1. The van der Waals surface area contributed by atoms with Crippen LogP contribution in [0, 0.1) is 6.92 Å². The van der Waals surface area contributed by atoms with Crippen molar-refractivity contribution >= 4 is 38.6 Å². The lowest BCUT2D eigenvalue weighted by Crippen LogP contribution is -2.40. The topological polar surface area (TPSA) is 101 Å². The average Bonchev–Trinajstić information content (AvgIpc) is 3.15. The molecule has 2 aliphatic heterocycles.